The molecule has 0 spiro atoms. The summed E-state index contributed by atoms with van der Waals surface area (Å²) in [5.41, 5.74) is 0. The zero-order valence-electron chi connectivity index (χ0n) is 25.3. The Bertz CT molecular complexity index is 893. The fourth-order valence-electron chi connectivity index (χ4n) is 4.44. The second-order valence-corrected chi connectivity index (χ2v) is 11.2. The molecular formula is C28H40F16O2. The van der Waals surface area contributed by atoms with Gasteiger partial charge in [0.2, 0.25) is 0 Å². The molecule has 0 amide bonds. The first-order chi connectivity index (χ1) is 20.8. The van der Waals surface area contributed by atoms with Gasteiger partial charge in [0.05, 0.1) is 18.9 Å². The second kappa shape index (κ2) is 17.7. The van der Waals surface area contributed by atoms with Crippen molar-refractivity contribution in [3.8, 4) is 0 Å². The van der Waals surface area contributed by atoms with Crippen LogP contribution in [0.25, 0.3) is 0 Å². The van der Waals surface area contributed by atoms with Gasteiger partial charge in [0, 0.05) is 0 Å². The first kappa shape index (κ1) is 44.4. The number of hydrogen-bond donors (Lipinski definition) is 0. The number of esters is 1. The summed E-state index contributed by atoms with van der Waals surface area (Å²) in [5.74, 6) is -57.0. The van der Waals surface area contributed by atoms with Gasteiger partial charge in [-0.05, 0) is 12.8 Å². The number of unbranched alkanes of at least 4 members (excludes halogenated alkanes) is 10. The molecule has 46 heavy (non-hydrogen) atoms. The van der Waals surface area contributed by atoms with Crippen molar-refractivity contribution in [1.29, 1.82) is 0 Å². The molecule has 0 aliphatic rings. The van der Waals surface area contributed by atoms with E-state index in [2.05, 4.69) is 4.74 Å². The van der Waals surface area contributed by atoms with E-state index in [0.717, 1.165) is 51.4 Å². The Labute approximate surface area is 257 Å². The van der Waals surface area contributed by atoms with Gasteiger partial charge < -0.3 is 4.74 Å². The normalized spacial score (nSPS) is 15.0. The quantitative estimate of drug-likeness (QED) is 0.0535. The summed E-state index contributed by atoms with van der Waals surface area (Å²) < 4.78 is 221. The number of alkyl halides is 16. The van der Waals surface area contributed by atoms with Crippen LogP contribution in [0.1, 0.15) is 110 Å². The number of hydrogen-bond acceptors (Lipinski definition) is 2. The van der Waals surface area contributed by atoms with Gasteiger partial charge in [-0.15, -0.1) is 0 Å². The van der Waals surface area contributed by atoms with Gasteiger partial charge in [-0.1, -0.05) is 90.9 Å². The van der Waals surface area contributed by atoms with E-state index in [4.69, 9.17) is 0 Å². The molecule has 0 rings (SSSR count). The summed E-state index contributed by atoms with van der Waals surface area (Å²) in [6.45, 7) is 2.10. The van der Waals surface area contributed by atoms with E-state index in [1.165, 1.54) is 0 Å². The van der Waals surface area contributed by atoms with Gasteiger partial charge >= 0.3 is 53.9 Å². The molecule has 1 atom stereocenters. The van der Waals surface area contributed by atoms with Gasteiger partial charge in [0.1, 0.15) is 0 Å². The van der Waals surface area contributed by atoms with E-state index in [0.29, 0.717) is 25.7 Å². The SMILES string of the molecule is CCCCCCCCCC(CCCCCCC)C(=O)OCCC(F)(F)C(F)(F)C(F)(F)C(F)(F)C(F)(F)C(F)(F)C(F)(F)C(F)F. The van der Waals surface area contributed by atoms with Gasteiger partial charge in [0.15, 0.2) is 0 Å². The topological polar surface area (TPSA) is 26.3 Å². The predicted octanol–water partition coefficient (Wildman–Crippen LogP) is 11.7. The van der Waals surface area contributed by atoms with Crippen LogP contribution in [-0.2, 0) is 9.53 Å². The third kappa shape index (κ3) is 9.94. The van der Waals surface area contributed by atoms with Crippen LogP contribution >= 0.6 is 0 Å². The van der Waals surface area contributed by atoms with Gasteiger partial charge in [-0.25, -0.2) is 8.78 Å². The number of carbonyl (C=O) groups is 1. The Morgan fingerprint density at radius 3 is 1.26 bits per heavy atom. The maximum absolute atomic E-state index is 14.2. The van der Waals surface area contributed by atoms with E-state index < -0.39 is 72.8 Å². The highest BCUT2D eigenvalue weighted by Crippen LogP contribution is 2.63. The molecule has 18 heteroatoms. The standard InChI is InChI=1S/C28H40F16O2/c1-3-5-7-9-10-12-14-16-19(15-13-11-8-6-4-2)20(45)46-18-17-22(31,32)24(35,36)26(39,40)28(43,44)27(41,42)25(37,38)23(33,34)21(29)30/h19,21H,3-18H2,1-2H3. The minimum absolute atomic E-state index is 0.168. The molecule has 0 aromatic rings. The first-order valence-electron chi connectivity index (χ1n) is 14.9. The Morgan fingerprint density at radius 2 is 0.870 bits per heavy atom. The highest BCUT2D eigenvalue weighted by molar-refractivity contribution is 5.72. The van der Waals surface area contributed by atoms with Crippen LogP contribution in [0.4, 0.5) is 70.2 Å². The van der Waals surface area contributed by atoms with Crippen molar-refractivity contribution in [2.75, 3.05) is 6.61 Å². The zero-order valence-corrected chi connectivity index (χ0v) is 25.3. The van der Waals surface area contributed by atoms with E-state index in [1.807, 2.05) is 13.8 Å². The lowest BCUT2D eigenvalue weighted by Crippen LogP contribution is -2.73. The average molecular weight is 713 g/mol. The van der Waals surface area contributed by atoms with Crippen molar-refractivity contribution in [1.82, 2.24) is 0 Å². The zero-order chi connectivity index (χ0) is 36.3. The van der Waals surface area contributed by atoms with Crippen molar-refractivity contribution in [2.24, 2.45) is 5.92 Å². The molecule has 0 heterocycles. The summed E-state index contributed by atoms with van der Waals surface area (Å²) in [5, 5.41) is 0. The van der Waals surface area contributed by atoms with Gasteiger partial charge in [-0.3, -0.25) is 4.79 Å². The summed E-state index contributed by atoms with van der Waals surface area (Å²) in [6, 6.07) is 0. The summed E-state index contributed by atoms with van der Waals surface area (Å²) >= 11 is 0. The van der Waals surface area contributed by atoms with E-state index in [-0.39, 0.29) is 12.8 Å². The average Bonchev–Trinajstić information content (AvgIpc) is 2.94. The van der Waals surface area contributed by atoms with Gasteiger partial charge in [-0.2, -0.15) is 61.5 Å². The van der Waals surface area contributed by atoms with Crippen molar-refractivity contribution < 1.29 is 79.8 Å². The molecule has 0 saturated heterocycles. The molecule has 0 aromatic heterocycles. The minimum atomic E-state index is -8.44. The minimum Gasteiger partial charge on any atom is -0.465 e. The van der Waals surface area contributed by atoms with Crippen LogP contribution in [0, 0.1) is 5.92 Å². The van der Waals surface area contributed by atoms with Crippen molar-refractivity contribution in [3.05, 3.63) is 0 Å². The maximum atomic E-state index is 14.2. The van der Waals surface area contributed by atoms with E-state index in [9.17, 15) is 75.0 Å². The smallest absolute Gasteiger partial charge is 0.384 e. The predicted molar refractivity (Wildman–Crippen MR) is 136 cm³/mol. The van der Waals surface area contributed by atoms with E-state index >= 15 is 0 Å². The van der Waals surface area contributed by atoms with E-state index in [1.54, 1.807) is 0 Å². The van der Waals surface area contributed by atoms with Crippen LogP contribution in [0.5, 0.6) is 0 Å². The van der Waals surface area contributed by atoms with Crippen molar-refractivity contribution >= 4 is 5.97 Å². The van der Waals surface area contributed by atoms with Crippen molar-refractivity contribution in [3.63, 3.8) is 0 Å². The molecule has 0 aromatic carbocycles. The molecule has 0 aliphatic heterocycles. The molecule has 1 unspecified atom stereocenters. The summed E-state index contributed by atoms with van der Waals surface area (Å²) in [7, 11) is 0. The third-order valence-corrected chi connectivity index (χ3v) is 7.54. The first-order valence-corrected chi connectivity index (χ1v) is 14.9. The Kier molecular flexibility index (Phi) is 17.0. The summed E-state index contributed by atoms with van der Waals surface area (Å²) in [6.07, 6.45) is 1.27. The lowest BCUT2D eigenvalue weighted by molar-refractivity contribution is -0.447. The molecule has 0 N–H and O–H groups in total. The van der Waals surface area contributed by atoms with Crippen LogP contribution < -0.4 is 0 Å². The molecule has 0 aliphatic carbocycles. The Balaban J connectivity index is 5.72. The van der Waals surface area contributed by atoms with Crippen LogP contribution in [0.15, 0.2) is 0 Å². The molecule has 0 saturated carbocycles. The van der Waals surface area contributed by atoms with Crippen LogP contribution in [-0.4, -0.2) is 60.5 Å². The highest BCUT2D eigenvalue weighted by Gasteiger charge is 2.93. The Hall–Kier alpha value is -1.65. The number of ether oxygens (including phenoxy) is 1. The molecule has 0 radical (unpaired) electrons. The molecule has 2 nitrogen and oxygen atoms in total. The van der Waals surface area contributed by atoms with Crippen LogP contribution in [0.3, 0.4) is 0 Å². The fourth-order valence-corrected chi connectivity index (χ4v) is 4.44. The molecular weight excluding hydrogens is 672 g/mol. The lowest BCUT2D eigenvalue weighted by Gasteiger charge is -2.42. The molecule has 0 fully saturated rings. The second-order valence-electron chi connectivity index (χ2n) is 11.2. The highest BCUT2D eigenvalue weighted by atomic mass is 19.4. The third-order valence-electron chi connectivity index (χ3n) is 7.54. The molecule has 0 bridgehead atoms. The number of carbonyl (C=O) groups excluding carboxylic acids is 1. The number of halogens is 16. The van der Waals surface area contributed by atoms with Crippen LogP contribution in [0.2, 0.25) is 0 Å². The largest absolute Gasteiger partial charge is 0.465 e. The van der Waals surface area contributed by atoms with Crippen molar-refractivity contribution in [2.45, 2.75) is 158 Å². The number of rotatable bonds is 25. The monoisotopic (exact) mass is 712 g/mol. The Morgan fingerprint density at radius 1 is 0.522 bits per heavy atom. The summed E-state index contributed by atoms with van der Waals surface area (Å²) in [4.78, 5) is 12.5. The lowest BCUT2D eigenvalue weighted by atomic mass is 9.88. The molecule has 276 valence electrons. The fraction of sp³-hybridized carbons (Fsp3) is 0.964. The maximum Gasteiger partial charge on any atom is 0.384 e. The van der Waals surface area contributed by atoms with Gasteiger partial charge in [0.25, 0.3) is 0 Å².